The van der Waals surface area contributed by atoms with Gasteiger partial charge in [0.15, 0.2) is 5.78 Å². The fraction of sp³-hybridized carbons (Fsp3) is 0.400. The number of anilines is 1. The number of nitrogens with zero attached hydrogens (tertiary/aromatic N) is 1. The summed E-state index contributed by atoms with van der Waals surface area (Å²) in [6.45, 7) is 4.16. The van der Waals surface area contributed by atoms with Crippen molar-refractivity contribution < 1.29 is 14.3 Å². The van der Waals surface area contributed by atoms with E-state index in [0.29, 0.717) is 17.8 Å². The largest absolute Gasteiger partial charge is 0.377 e. The maximum Gasteiger partial charge on any atom is 0.238 e. The second-order valence-corrected chi connectivity index (χ2v) is 7.60. The molecule has 1 aromatic heterocycles. The summed E-state index contributed by atoms with van der Waals surface area (Å²) in [4.78, 5) is 27.2. The van der Waals surface area contributed by atoms with E-state index in [4.69, 9.17) is 4.74 Å². The summed E-state index contributed by atoms with van der Waals surface area (Å²) in [6.07, 6.45) is 2.35. The van der Waals surface area contributed by atoms with Crippen LogP contribution < -0.4 is 5.32 Å². The van der Waals surface area contributed by atoms with E-state index in [0.717, 1.165) is 32.5 Å². The number of benzene rings is 1. The monoisotopic (exact) mass is 372 g/mol. The van der Waals surface area contributed by atoms with Crippen molar-refractivity contribution in [3.63, 3.8) is 0 Å². The Bertz CT molecular complexity index is 722. The molecule has 3 rings (SSSR count). The van der Waals surface area contributed by atoms with Gasteiger partial charge in [-0.3, -0.25) is 14.5 Å². The first-order valence-corrected chi connectivity index (χ1v) is 9.75. The van der Waals surface area contributed by atoms with E-state index in [-0.39, 0.29) is 17.8 Å². The minimum absolute atomic E-state index is 0.0153. The normalized spacial score (nSPS) is 16.8. The SMILES string of the molecule is CC(=O)c1ccc(NC(=O)CN(Cc2cccs2)C[C@H]2CCCO2)cc1. The van der Waals surface area contributed by atoms with Crippen molar-refractivity contribution in [3.05, 3.63) is 52.2 Å². The van der Waals surface area contributed by atoms with E-state index in [1.165, 1.54) is 11.8 Å². The van der Waals surface area contributed by atoms with Crippen LogP contribution in [0.1, 0.15) is 35.0 Å². The van der Waals surface area contributed by atoms with Gasteiger partial charge in [0.2, 0.25) is 5.91 Å². The molecule has 0 aliphatic carbocycles. The Morgan fingerprint density at radius 3 is 2.69 bits per heavy atom. The molecule has 0 radical (unpaired) electrons. The molecule has 1 aliphatic rings. The Labute approximate surface area is 158 Å². The van der Waals surface area contributed by atoms with Crippen LogP contribution in [-0.4, -0.2) is 42.4 Å². The van der Waals surface area contributed by atoms with Crippen LogP contribution in [0.25, 0.3) is 0 Å². The maximum absolute atomic E-state index is 12.5. The maximum atomic E-state index is 12.5. The number of carbonyl (C=O) groups excluding carboxylic acids is 2. The number of hydrogen-bond acceptors (Lipinski definition) is 5. The lowest BCUT2D eigenvalue weighted by Gasteiger charge is -2.24. The highest BCUT2D eigenvalue weighted by Crippen LogP contribution is 2.17. The fourth-order valence-corrected chi connectivity index (χ4v) is 3.82. The van der Waals surface area contributed by atoms with E-state index >= 15 is 0 Å². The molecule has 2 heterocycles. The molecule has 1 fully saturated rings. The quantitative estimate of drug-likeness (QED) is 0.720. The predicted octanol–water partition coefficient (Wildman–Crippen LogP) is 3.57. The van der Waals surface area contributed by atoms with Crippen LogP contribution >= 0.6 is 11.3 Å². The number of amides is 1. The third-order valence-corrected chi connectivity index (χ3v) is 5.25. The molecule has 138 valence electrons. The van der Waals surface area contributed by atoms with Crippen LogP contribution in [0.3, 0.4) is 0 Å². The lowest BCUT2D eigenvalue weighted by Crippen LogP contribution is -2.37. The van der Waals surface area contributed by atoms with E-state index in [1.807, 2.05) is 6.07 Å². The molecule has 2 aromatic rings. The van der Waals surface area contributed by atoms with Gasteiger partial charge in [0.05, 0.1) is 12.6 Å². The highest BCUT2D eigenvalue weighted by atomic mass is 32.1. The van der Waals surface area contributed by atoms with Gasteiger partial charge in [-0.1, -0.05) is 6.07 Å². The summed E-state index contributed by atoms with van der Waals surface area (Å²) in [5, 5.41) is 4.97. The van der Waals surface area contributed by atoms with Crippen molar-refractivity contribution in [1.82, 2.24) is 4.90 Å². The van der Waals surface area contributed by atoms with Gasteiger partial charge in [-0.25, -0.2) is 0 Å². The molecule has 6 heteroatoms. The van der Waals surface area contributed by atoms with Gasteiger partial charge in [-0.05, 0) is 55.5 Å². The smallest absolute Gasteiger partial charge is 0.238 e. The molecule has 0 bridgehead atoms. The molecule has 1 saturated heterocycles. The van der Waals surface area contributed by atoms with E-state index in [9.17, 15) is 9.59 Å². The van der Waals surface area contributed by atoms with Gasteiger partial charge in [0.25, 0.3) is 0 Å². The van der Waals surface area contributed by atoms with Gasteiger partial charge >= 0.3 is 0 Å². The average molecular weight is 372 g/mol. The zero-order valence-electron chi connectivity index (χ0n) is 14.9. The number of Topliss-reactive ketones (excluding diaryl/α,β-unsaturated/α-hetero) is 1. The van der Waals surface area contributed by atoms with Gasteiger partial charge in [0, 0.05) is 35.8 Å². The molecule has 1 aliphatic heterocycles. The van der Waals surface area contributed by atoms with E-state index in [2.05, 4.69) is 21.7 Å². The summed E-state index contributed by atoms with van der Waals surface area (Å²) in [5.41, 5.74) is 1.34. The number of ether oxygens (including phenoxy) is 1. The summed E-state index contributed by atoms with van der Waals surface area (Å²) >= 11 is 1.70. The van der Waals surface area contributed by atoms with Gasteiger partial charge in [0.1, 0.15) is 0 Å². The minimum Gasteiger partial charge on any atom is -0.377 e. The molecule has 1 atom stereocenters. The Kier molecular flexibility index (Phi) is 6.55. The summed E-state index contributed by atoms with van der Waals surface area (Å²) in [6, 6.07) is 11.1. The molecular formula is C20H24N2O3S. The van der Waals surface area contributed by atoms with Crippen molar-refractivity contribution in [2.24, 2.45) is 0 Å². The molecule has 5 nitrogen and oxygen atoms in total. The van der Waals surface area contributed by atoms with E-state index in [1.54, 1.807) is 35.6 Å². The van der Waals surface area contributed by atoms with Crippen molar-refractivity contribution >= 4 is 28.7 Å². The van der Waals surface area contributed by atoms with Gasteiger partial charge in [-0.15, -0.1) is 11.3 Å². The number of nitrogens with one attached hydrogen (secondary N) is 1. The van der Waals surface area contributed by atoms with Crippen molar-refractivity contribution in [2.45, 2.75) is 32.4 Å². The lowest BCUT2D eigenvalue weighted by atomic mass is 10.1. The lowest BCUT2D eigenvalue weighted by molar-refractivity contribution is -0.117. The van der Waals surface area contributed by atoms with Gasteiger partial charge in [-0.2, -0.15) is 0 Å². The fourth-order valence-electron chi connectivity index (χ4n) is 3.08. The zero-order chi connectivity index (χ0) is 18.4. The van der Waals surface area contributed by atoms with Crippen molar-refractivity contribution in [1.29, 1.82) is 0 Å². The Morgan fingerprint density at radius 1 is 1.27 bits per heavy atom. The Balaban J connectivity index is 1.58. The highest BCUT2D eigenvalue weighted by Gasteiger charge is 2.21. The molecule has 0 unspecified atom stereocenters. The van der Waals surface area contributed by atoms with Crippen molar-refractivity contribution in [3.8, 4) is 0 Å². The van der Waals surface area contributed by atoms with E-state index < -0.39 is 0 Å². The van der Waals surface area contributed by atoms with Crippen LogP contribution in [0.5, 0.6) is 0 Å². The minimum atomic E-state index is -0.0601. The van der Waals surface area contributed by atoms with Crippen LogP contribution in [0.4, 0.5) is 5.69 Å². The highest BCUT2D eigenvalue weighted by molar-refractivity contribution is 7.09. The molecule has 0 saturated carbocycles. The first kappa shape index (κ1) is 18.8. The topological polar surface area (TPSA) is 58.6 Å². The van der Waals surface area contributed by atoms with Crippen LogP contribution in [0.15, 0.2) is 41.8 Å². The third-order valence-electron chi connectivity index (χ3n) is 4.39. The summed E-state index contributed by atoms with van der Waals surface area (Å²) in [5.74, 6) is -0.0447. The third kappa shape index (κ3) is 5.49. The molecule has 0 spiro atoms. The molecule has 26 heavy (non-hydrogen) atoms. The number of carbonyl (C=O) groups is 2. The van der Waals surface area contributed by atoms with Crippen molar-refractivity contribution in [2.75, 3.05) is 25.0 Å². The molecule has 1 amide bonds. The molecule has 1 N–H and O–H groups in total. The Morgan fingerprint density at radius 2 is 2.08 bits per heavy atom. The summed E-state index contributed by atoms with van der Waals surface area (Å²) in [7, 11) is 0. The summed E-state index contributed by atoms with van der Waals surface area (Å²) < 4.78 is 5.74. The Hall–Kier alpha value is -2.02. The predicted molar refractivity (Wildman–Crippen MR) is 104 cm³/mol. The number of thiophene rings is 1. The van der Waals surface area contributed by atoms with Crippen LogP contribution in [-0.2, 0) is 16.1 Å². The second-order valence-electron chi connectivity index (χ2n) is 6.57. The average Bonchev–Trinajstić information content (AvgIpc) is 3.29. The standard InChI is InChI=1S/C20H24N2O3S/c1-15(23)16-6-8-17(9-7-16)21-20(24)14-22(12-18-4-2-10-25-18)13-19-5-3-11-26-19/h3,5-9,11,18H,2,4,10,12-14H2,1H3,(H,21,24)/t18-/m1/s1. The number of hydrogen-bond donors (Lipinski definition) is 1. The second kappa shape index (κ2) is 9.07. The van der Waals surface area contributed by atoms with Gasteiger partial charge < -0.3 is 10.1 Å². The zero-order valence-corrected chi connectivity index (χ0v) is 15.8. The van der Waals surface area contributed by atoms with Crippen LogP contribution in [0.2, 0.25) is 0 Å². The number of ketones is 1. The first-order valence-electron chi connectivity index (χ1n) is 8.87. The van der Waals surface area contributed by atoms with Crippen LogP contribution in [0, 0.1) is 0 Å². The molecule has 1 aromatic carbocycles. The first-order chi connectivity index (χ1) is 12.6. The number of rotatable bonds is 8. The molecular weight excluding hydrogens is 348 g/mol.